The number of nitrogens with two attached hydrogens (primary N) is 1. The van der Waals surface area contributed by atoms with Crippen molar-refractivity contribution in [3.63, 3.8) is 0 Å². The van der Waals surface area contributed by atoms with Gasteiger partial charge in [-0.15, -0.1) is 0 Å². The van der Waals surface area contributed by atoms with Crippen LogP contribution in [0.1, 0.15) is 25.3 Å². The highest BCUT2D eigenvalue weighted by Crippen LogP contribution is 2.42. The molecular weight excluding hydrogens is 334 g/mol. The van der Waals surface area contributed by atoms with Gasteiger partial charge in [-0.05, 0) is 37.5 Å². The fourth-order valence-corrected chi connectivity index (χ4v) is 4.15. The van der Waals surface area contributed by atoms with Gasteiger partial charge in [-0.1, -0.05) is 12.1 Å². The maximum Gasteiger partial charge on any atom is 0.237 e. The van der Waals surface area contributed by atoms with Crippen LogP contribution in [0.2, 0.25) is 0 Å². The first-order valence-corrected chi connectivity index (χ1v) is 9.00. The zero-order valence-electron chi connectivity index (χ0n) is 15.4. The molecule has 2 aliphatic rings. The molecule has 2 fully saturated rings. The van der Waals surface area contributed by atoms with Crippen LogP contribution in [0.25, 0.3) is 0 Å². The van der Waals surface area contributed by atoms with Crippen LogP contribution in [0.3, 0.4) is 0 Å². The van der Waals surface area contributed by atoms with E-state index in [1.165, 1.54) is 0 Å². The van der Waals surface area contributed by atoms with E-state index in [2.05, 4.69) is 0 Å². The molecule has 26 heavy (non-hydrogen) atoms. The number of piperidine rings is 1. The number of amides is 2. The molecule has 0 saturated carbocycles. The molecule has 1 aromatic rings. The number of benzene rings is 1. The minimum Gasteiger partial charge on any atom is -0.497 e. The number of likely N-dealkylation sites (tertiary alicyclic amines) is 2. The van der Waals surface area contributed by atoms with Gasteiger partial charge in [0.2, 0.25) is 11.8 Å². The number of rotatable bonds is 6. The number of methoxy groups -OCH3 is 1. The van der Waals surface area contributed by atoms with Gasteiger partial charge in [-0.3, -0.25) is 14.5 Å². The number of aliphatic hydroxyl groups is 1. The van der Waals surface area contributed by atoms with Crippen LogP contribution in [0, 0.1) is 5.41 Å². The summed E-state index contributed by atoms with van der Waals surface area (Å²) >= 11 is 0. The van der Waals surface area contributed by atoms with Gasteiger partial charge in [0.05, 0.1) is 18.6 Å². The summed E-state index contributed by atoms with van der Waals surface area (Å²) in [4.78, 5) is 28.1. The van der Waals surface area contributed by atoms with Crippen molar-refractivity contribution < 1.29 is 19.4 Å². The maximum atomic E-state index is 12.8. The predicted molar refractivity (Wildman–Crippen MR) is 96.3 cm³/mol. The van der Waals surface area contributed by atoms with Crippen LogP contribution in [0.4, 0.5) is 0 Å². The van der Waals surface area contributed by atoms with E-state index in [-0.39, 0.29) is 11.3 Å². The van der Waals surface area contributed by atoms with Crippen LogP contribution in [-0.4, -0.2) is 65.6 Å². The third-order valence-corrected chi connectivity index (χ3v) is 5.66. The Morgan fingerprint density at radius 3 is 2.38 bits per heavy atom. The van der Waals surface area contributed by atoms with Gasteiger partial charge in [0.15, 0.2) is 0 Å². The average Bonchev–Trinajstić information content (AvgIpc) is 2.62. The maximum absolute atomic E-state index is 12.8. The van der Waals surface area contributed by atoms with Gasteiger partial charge in [0.1, 0.15) is 11.8 Å². The number of aliphatic hydroxyl groups excluding tert-OH is 1. The van der Waals surface area contributed by atoms with Crippen LogP contribution < -0.4 is 10.5 Å². The molecule has 142 valence electrons. The number of ether oxygens (including phenoxy) is 1. The number of nitrogens with zero attached hydrogens (tertiary/aromatic N) is 2. The summed E-state index contributed by atoms with van der Waals surface area (Å²) in [5.41, 5.74) is 6.18. The zero-order valence-corrected chi connectivity index (χ0v) is 15.4. The molecule has 3 rings (SSSR count). The van der Waals surface area contributed by atoms with Crippen LogP contribution in [0.15, 0.2) is 24.3 Å². The highest BCUT2D eigenvalue weighted by atomic mass is 16.5. The minimum atomic E-state index is -0.815. The van der Waals surface area contributed by atoms with Crippen molar-refractivity contribution in [1.29, 1.82) is 0 Å². The second-order valence-corrected chi connectivity index (χ2v) is 7.41. The Bertz CT molecular complexity index is 666. The van der Waals surface area contributed by atoms with Gasteiger partial charge >= 0.3 is 0 Å². The lowest BCUT2D eigenvalue weighted by Crippen LogP contribution is -2.65. The summed E-state index contributed by atoms with van der Waals surface area (Å²) < 4.78 is 5.15. The van der Waals surface area contributed by atoms with E-state index < -0.39 is 18.1 Å². The Hall–Kier alpha value is -2.12. The summed E-state index contributed by atoms with van der Waals surface area (Å²) in [6, 6.07) is 7.05. The van der Waals surface area contributed by atoms with E-state index >= 15 is 0 Å². The van der Waals surface area contributed by atoms with Gasteiger partial charge < -0.3 is 20.5 Å². The lowest BCUT2D eigenvalue weighted by Gasteiger charge is -2.53. The van der Waals surface area contributed by atoms with Crippen molar-refractivity contribution in [2.24, 2.45) is 11.1 Å². The van der Waals surface area contributed by atoms with E-state index in [0.29, 0.717) is 32.5 Å². The standard InChI is InChI=1S/C19H27N3O4/c1-13(23)16(17(20)24)21-9-7-19(8-10-21)12-22(18(19)25)11-14-3-5-15(26-2)6-4-14/h3-6,13,16,23H,7-12H2,1-2H3,(H2,20,24)/t13-,16+/m1/s1. The first-order chi connectivity index (χ1) is 12.4. The smallest absolute Gasteiger partial charge is 0.237 e. The van der Waals surface area contributed by atoms with Crippen molar-refractivity contribution in [3.05, 3.63) is 29.8 Å². The molecule has 0 aromatic heterocycles. The van der Waals surface area contributed by atoms with Gasteiger partial charge in [-0.25, -0.2) is 0 Å². The SMILES string of the molecule is COc1ccc(CN2CC3(CCN([C@H](C(N)=O)[C@@H](C)O)CC3)C2=O)cc1. The molecule has 2 amide bonds. The number of carbonyl (C=O) groups is 2. The molecule has 2 atom stereocenters. The monoisotopic (exact) mass is 361 g/mol. The molecule has 1 aromatic carbocycles. The highest BCUT2D eigenvalue weighted by molar-refractivity contribution is 5.89. The fraction of sp³-hybridized carbons (Fsp3) is 0.579. The molecule has 3 N–H and O–H groups in total. The van der Waals surface area contributed by atoms with E-state index in [9.17, 15) is 14.7 Å². The summed E-state index contributed by atoms with van der Waals surface area (Å²) in [5, 5.41) is 9.81. The van der Waals surface area contributed by atoms with Gasteiger partial charge in [0, 0.05) is 26.2 Å². The Kier molecular flexibility index (Phi) is 5.20. The Labute approximate surface area is 153 Å². The molecule has 0 bridgehead atoms. The zero-order chi connectivity index (χ0) is 18.9. The van der Waals surface area contributed by atoms with Crippen LogP contribution >= 0.6 is 0 Å². The van der Waals surface area contributed by atoms with E-state index in [0.717, 1.165) is 17.9 Å². The largest absolute Gasteiger partial charge is 0.497 e. The molecule has 1 spiro atoms. The summed E-state index contributed by atoms with van der Waals surface area (Å²) in [6.45, 7) is 4.11. The van der Waals surface area contributed by atoms with Crippen LogP contribution in [0.5, 0.6) is 5.75 Å². The van der Waals surface area contributed by atoms with E-state index in [1.807, 2.05) is 34.1 Å². The molecule has 7 heteroatoms. The third kappa shape index (κ3) is 3.41. The van der Waals surface area contributed by atoms with Crippen molar-refractivity contribution in [1.82, 2.24) is 9.80 Å². The Balaban J connectivity index is 1.56. The molecule has 0 aliphatic carbocycles. The molecule has 2 heterocycles. The van der Waals surface area contributed by atoms with Gasteiger partial charge in [-0.2, -0.15) is 0 Å². The topological polar surface area (TPSA) is 96.1 Å². The summed E-state index contributed by atoms with van der Waals surface area (Å²) in [5.74, 6) is 0.465. The lowest BCUT2D eigenvalue weighted by molar-refractivity contribution is -0.167. The Morgan fingerprint density at radius 1 is 1.31 bits per heavy atom. The van der Waals surface area contributed by atoms with Crippen molar-refractivity contribution in [2.75, 3.05) is 26.7 Å². The average molecular weight is 361 g/mol. The quantitative estimate of drug-likeness (QED) is 0.713. The molecule has 0 radical (unpaired) electrons. The van der Waals surface area contributed by atoms with Crippen molar-refractivity contribution in [2.45, 2.75) is 38.5 Å². The number of primary amides is 1. The minimum absolute atomic E-state index is 0.181. The third-order valence-electron chi connectivity index (χ3n) is 5.66. The normalized spacial score (nSPS) is 22.0. The van der Waals surface area contributed by atoms with E-state index in [4.69, 9.17) is 10.5 Å². The molecular formula is C19H27N3O4. The second kappa shape index (κ2) is 7.25. The first-order valence-electron chi connectivity index (χ1n) is 9.00. The molecule has 2 aliphatic heterocycles. The Morgan fingerprint density at radius 2 is 1.92 bits per heavy atom. The molecule has 0 unspecified atom stereocenters. The number of carbonyl (C=O) groups excluding carboxylic acids is 2. The summed E-state index contributed by atoms with van der Waals surface area (Å²) in [6.07, 6.45) is 0.577. The molecule has 2 saturated heterocycles. The lowest BCUT2D eigenvalue weighted by atomic mass is 9.70. The van der Waals surface area contributed by atoms with E-state index in [1.54, 1.807) is 14.0 Å². The van der Waals surface area contributed by atoms with Gasteiger partial charge in [0.25, 0.3) is 0 Å². The number of hydrogen-bond acceptors (Lipinski definition) is 5. The van der Waals surface area contributed by atoms with Crippen LogP contribution in [-0.2, 0) is 16.1 Å². The first kappa shape index (κ1) is 18.7. The second-order valence-electron chi connectivity index (χ2n) is 7.41. The predicted octanol–water partition coefficient (Wildman–Crippen LogP) is 0.354. The fourth-order valence-electron chi connectivity index (χ4n) is 4.15. The number of β-lactam (4-membered cyclic amide) rings is 1. The number of hydrogen-bond donors (Lipinski definition) is 2. The molecule has 7 nitrogen and oxygen atoms in total. The highest BCUT2D eigenvalue weighted by Gasteiger charge is 2.53. The van der Waals surface area contributed by atoms with Crippen molar-refractivity contribution in [3.8, 4) is 5.75 Å². The van der Waals surface area contributed by atoms with Crippen molar-refractivity contribution >= 4 is 11.8 Å². The summed E-state index contributed by atoms with van der Waals surface area (Å²) in [7, 11) is 1.63.